The molecule has 1 aromatic rings. The Bertz CT molecular complexity index is 550. The van der Waals surface area contributed by atoms with Crippen molar-refractivity contribution < 1.29 is 19.1 Å². The zero-order valence-corrected chi connectivity index (χ0v) is 14.7. The summed E-state index contributed by atoms with van der Waals surface area (Å²) in [7, 11) is 0. The van der Waals surface area contributed by atoms with E-state index in [1.54, 1.807) is 0 Å². The average molecular weight is 333 g/mol. The van der Waals surface area contributed by atoms with Crippen LogP contribution in [0.1, 0.15) is 52.0 Å². The maximum absolute atomic E-state index is 12.4. The van der Waals surface area contributed by atoms with Gasteiger partial charge >= 0.3 is 12.1 Å². The fourth-order valence-corrected chi connectivity index (χ4v) is 2.88. The van der Waals surface area contributed by atoms with E-state index in [1.807, 2.05) is 51.1 Å². The highest BCUT2D eigenvalue weighted by molar-refractivity contribution is 5.75. The molecule has 1 aliphatic carbocycles. The Balaban J connectivity index is 1.90. The molecule has 24 heavy (non-hydrogen) atoms. The van der Waals surface area contributed by atoms with Crippen molar-refractivity contribution in [2.45, 2.75) is 64.7 Å². The Morgan fingerprint density at radius 3 is 2.46 bits per heavy atom. The summed E-state index contributed by atoms with van der Waals surface area (Å²) in [6.07, 6.45) is 2.98. The van der Waals surface area contributed by atoms with Crippen LogP contribution in [0.3, 0.4) is 0 Å². The zero-order chi connectivity index (χ0) is 17.6. The summed E-state index contributed by atoms with van der Waals surface area (Å²) in [5.74, 6) is -0.561. The summed E-state index contributed by atoms with van der Waals surface area (Å²) >= 11 is 0. The van der Waals surface area contributed by atoms with Gasteiger partial charge in [-0.3, -0.25) is 4.79 Å². The van der Waals surface area contributed by atoms with Crippen molar-refractivity contribution in [2.75, 3.05) is 0 Å². The van der Waals surface area contributed by atoms with E-state index < -0.39 is 11.7 Å². The van der Waals surface area contributed by atoms with Gasteiger partial charge in [-0.2, -0.15) is 0 Å². The number of hydrogen-bond donors (Lipinski definition) is 1. The van der Waals surface area contributed by atoms with E-state index in [0.29, 0.717) is 0 Å². The van der Waals surface area contributed by atoms with Crippen LogP contribution in [0.2, 0.25) is 0 Å². The minimum Gasteiger partial charge on any atom is -0.461 e. The van der Waals surface area contributed by atoms with Gasteiger partial charge in [0.25, 0.3) is 0 Å². The van der Waals surface area contributed by atoms with Crippen LogP contribution in [0.25, 0.3) is 0 Å². The van der Waals surface area contributed by atoms with E-state index in [9.17, 15) is 9.59 Å². The van der Waals surface area contributed by atoms with Crippen molar-refractivity contribution in [1.29, 1.82) is 0 Å². The normalized spacial score (nSPS) is 21.0. The van der Waals surface area contributed by atoms with E-state index >= 15 is 0 Å². The molecule has 1 N–H and O–H groups in total. The predicted octanol–water partition coefficient (Wildman–Crippen LogP) is 3.81. The molecule has 1 aliphatic rings. The van der Waals surface area contributed by atoms with E-state index in [4.69, 9.17) is 9.47 Å². The number of nitrogens with one attached hydrogen (secondary N) is 1. The topological polar surface area (TPSA) is 64.6 Å². The first kappa shape index (κ1) is 18.3. The fourth-order valence-electron chi connectivity index (χ4n) is 2.88. The molecule has 1 amide bonds. The first-order valence-corrected chi connectivity index (χ1v) is 8.55. The molecule has 1 fully saturated rings. The molecular formula is C19H27NO4. The minimum atomic E-state index is -0.554. The maximum Gasteiger partial charge on any atom is 0.407 e. The Kier molecular flexibility index (Phi) is 6.23. The maximum atomic E-state index is 12.4. The third kappa shape index (κ3) is 5.87. The van der Waals surface area contributed by atoms with Gasteiger partial charge in [-0.1, -0.05) is 43.2 Å². The van der Waals surface area contributed by atoms with Gasteiger partial charge in [0.1, 0.15) is 12.2 Å². The monoisotopic (exact) mass is 333 g/mol. The molecule has 0 unspecified atom stereocenters. The van der Waals surface area contributed by atoms with E-state index in [1.165, 1.54) is 0 Å². The molecule has 1 saturated carbocycles. The molecule has 0 heterocycles. The molecule has 2 atom stereocenters. The molecule has 0 aromatic heterocycles. The van der Waals surface area contributed by atoms with Crippen LogP contribution in [-0.4, -0.2) is 23.7 Å². The summed E-state index contributed by atoms with van der Waals surface area (Å²) in [6.45, 7) is 5.71. The number of alkyl carbamates (subject to hydrolysis) is 1. The number of hydrogen-bond acceptors (Lipinski definition) is 4. The third-order valence-electron chi connectivity index (χ3n) is 3.99. The number of esters is 1. The highest BCUT2D eigenvalue weighted by Crippen LogP contribution is 2.26. The lowest BCUT2D eigenvalue weighted by molar-refractivity contribution is -0.152. The van der Waals surface area contributed by atoms with Crippen molar-refractivity contribution in [3.8, 4) is 0 Å². The van der Waals surface area contributed by atoms with Crippen molar-refractivity contribution in [1.82, 2.24) is 5.32 Å². The fraction of sp³-hybridized carbons (Fsp3) is 0.579. The quantitative estimate of drug-likeness (QED) is 0.851. The summed E-state index contributed by atoms with van der Waals surface area (Å²) in [4.78, 5) is 24.4. The number of carbonyl (C=O) groups is 2. The summed E-state index contributed by atoms with van der Waals surface area (Å²) in [5, 5.41) is 2.84. The van der Waals surface area contributed by atoms with Gasteiger partial charge in [0.2, 0.25) is 0 Å². The van der Waals surface area contributed by atoms with Crippen molar-refractivity contribution in [3.05, 3.63) is 35.9 Å². The number of rotatable bonds is 4. The molecule has 0 radical (unpaired) electrons. The Hall–Kier alpha value is -2.04. The van der Waals surface area contributed by atoms with Crippen LogP contribution in [0.4, 0.5) is 4.79 Å². The second-order valence-corrected chi connectivity index (χ2v) is 7.24. The number of amides is 1. The molecule has 2 rings (SSSR count). The van der Waals surface area contributed by atoms with Crippen LogP contribution < -0.4 is 5.32 Å². The van der Waals surface area contributed by atoms with Gasteiger partial charge in [0.15, 0.2) is 0 Å². The van der Waals surface area contributed by atoms with Crippen LogP contribution >= 0.6 is 0 Å². The first-order valence-electron chi connectivity index (χ1n) is 8.55. The molecule has 1 aromatic carbocycles. The molecule has 132 valence electrons. The summed E-state index contributed by atoms with van der Waals surface area (Å²) in [5.41, 5.74) is 0.403. The first-order chi connectivity index (χ1) is 11.3. The SMILES string of the molecule is CC(C)(C)OC(=O)N[C@@H]1CCCC[C@H]1C(=O)OCc1ccccc1. The van der Waals surface area contributed by atoms with Gasteiger partial charge in [-0.15, -0.1) is 0 Å². The van der Waals surface area contributed by atoms with Crippen LogP contribution in [0, 0.1) is 5.92 Å². The lowest BCUT2D eigenvalue weighted by Crippen LogP contribution is -2.47. The lowest BCUT2D eigenvalue weighted by Gasteiger charge is -2.31. The van der Waals surface area contributed by atoms with E-state index in [-0.39, 0.29) is 24.5 Å². The Labute approximate surface area is 143 Å². The number of carbonyl (C=O) groups excluding carboxylic acids is 2. The summed E-state index contributed by atoms with van der Waals surface area (Å²) < 4.78 is 10.7. The van der Waals surface area contributed by atoms with Crippen molar-refractivity contribution in [3.63, 3.8) is 0 Å². The van der Waals surface area contributed by atoms with Gasteiger partial charge in [0, 0.05) is 6.04 Å². The standard InChI is InChI=1S/C19H27NO4/c1-19(2,3)24-18(22)20-16-12-8-7-11-15(16)17(21)23-13-14-9-5-4-6-10-14/h4-6,9-10,15-16H,7-8,11-13H2,1-3H3,(H,20,22)/t15-,16-/m1/s1. The average Bonchev–Trinajstić information content (AvgIpc) is 2.52. The van der Waals surface area contributed by atoms with Crippen LogP contribution in [0.15, 0.2) is 30.3 Å². The van der Waals surface area contributed by atoms with Crippen LogP contribution in [0.5, 0.6) is 0 Å². The van der Waals surface area contributed by atoms with Gasteiger partial charge in [-0.05, 0) is 39.2 Å². The van der Waals surface area contributed by atoms with Gasteiger partial charge in [-0.25, -0.2) is 4.79 Å². The number of benzene rings is 1. The second-order valence-electron chi connectivity index (χ2n) is 7.24. The molecule has 0 spiro atoms. The highest BCUT2D eigenvalue weighted by Gasteiger charge is 2.34. The van der Waals surface area contributed by atoms with Crippen molar-refractivity contribution in [2.24, 2.45) is 5.92 Å². The van der Waals surface area contributed by atoms with Gasteiger partial charge < -0.3 is 14.8 Å². The van der Waals surface area contributed by atoms with Gasteiger partial charge in [0.05, 0.1) is 5.92 Å². The molecule has 5 nitrogen and oxygen atoms in total. The second kappa shape index (κ2) is 8.18. The minimum absolute atomic E-state index is 0.225. The predicted molar refractivity (Wildman–Crippen MR) is 91.4 cm³/mol. The highest BCUT2D eigenvalue weighted by atomic mass is 16.6. The lowest BCUT2D eigenvalue weighted by atomic mass is 9.84. The number of ether oxygens (including phenoxy) is 2. The van der Waals surface area contributed by atoms with Crippen LogP contribution in [-0.2, 0) is 20.9 Å². The van der Waals surface area contributed by atoms with Crippen molar-refractivity contribution >= 4 is 12.1 Å². The molecule has 0 aliphatic heterocycles. The van der Waals surface area contributed by atoms with E-state index in [0.717, 1.165) is 31.2 Å². The van der Waals surface area contributed by atoms with E-state index in [2.05, 4.69) is 5.32 Å². The molecular weight excluding hydrogens is 306 g/mol. The smallest absolute Gasteiger partial charge is 0.407 e. The summed E-state index contributed by atoms with van der Waals surface area (Å²) in [6, 6.07) is 9.37. The molecule has 0 saturated heterocycles. The molecule has 0 bridgehead atoms. The Morgan fingerprint density at radius 2 is 1.79 bits per heavy atom. The largest absolute Gasteiger partial charge is 0.461 e. The molecule has 5 heteroatoms. The zero-order valence-electron chi connectivity index (χ0n) is 14.7. The third-order valence-corrected chi connectivity index (χ3v) is 3.99. The Morgan fingerprint density at radius 1 is 1.12 bits per heavy atom.